The van der Waals surface area contributed by atoms with Gasteiger partial charge in [-0.3, -0.25) is 5.41 Å². The van der Waals surface area contributed by atoms with Crippen molar-refractivity contribution in [3.63, 3.8) is 0 Å². The Morgan fingerprint density at radius 3 is 2.77 bits per heavy atom. The fourth-order valence-electron chi connectivity index (χ4n) is 2.47. The molecule has 6 nitrogen and oxygen atoms in total. The lowest BCUT2D eigenvalue weighted by atomic mass is 10.1. The molecule has 2 heterocycles. The fraction of sp³-hybridized carbons (Fsp3) is 0.211. The van der Waals surface area contributed by atoms with Crippen LogP contribution in [0.1, 0.15) is 15.4 Å². The number of nitrogens with one attached hydrogen (secondary N) is 2. The molecule has 0 radical (unpaired) electrons. The zero-order valence-electron chi connectivity index (χ0n) is 14.7. The number of nitrogens with zero attached hydrogens (tertiary/aromatic N) is 2. The Labute approximate surface area is 156 Å². The Morgan fingerprint density at radius 1 is 1.27 bits per heavy atom. The van der Waals surface area contributed by atoms with Crippen LogP contribution in [-0.2, 0) is 0 Å². The summed E-state index contributed by atoms with van der Waals surface area (Å²) in [5.41, 5.74) is 9.33. The Kier molecular flexibility index (Phi) is 5.60. The summed E-state index contributed by atoms with van der Waals surface area (Å²) in [4.78, 5) is 10.0. The summed E-state index contributed by atoms with van der Waals surface area (Å²) in [5, 5.41) is 12.1. The van der Waals surface area contributed by atoms with Crippen LogP contribution in [0.3, 0.4) is 0 Å². The average Bonchev–Trinajstić information content (AvgIpc) is 3.04. The standard InChI is InChI=1S/C19H21N5OS/c1-12-18(13-7-8-16(23-11-13)25-10-9-22-2)24-19(26-12)17(21)14-5-3-4-6-15(14)20/h3-8,11,21-22H,9-10,20H2,1-2H3. The van der Waals surface area contributed by atoms with Gasteiger partial charge in [0.25, 0.3) is 0 Å². The molecule has 2 aromatic heterocycles. The van der Waals surface area contributed by atoms with Gasteiger partial charge in [-0.2, -0.15) is 0 Å². The number of pyridine rings is 1. The van der Waals surface area contributed by atoms with Gasteiger partial charge in [-0.05, 0) is 26.1 Å². The third-order valence-corrected chi connectivity index (χ3v) is 4.84. The van der Waals surface area contributed by atoms with Gasteiger partial charge >= 0.3 is 0 Å². The topological polar surface area (TPSA) is 96.9 Å². The number of nitrogen functional groups attached to an aromatic ring is 1. The molecule has 134 valence electrons. The van der Waals surface area contributed by atoms with Gasteiger partial charge in [0, 0.05) is 40.5 Å². The lowest BCUT2D eigenvalue weighted by Crippen LogP contribution is -2.16. The normalized spacial score (nSPS) is 10.7. The van der Waals surface area contributed by atoms with E-state index < -0.39 is 0 Å². The van der Waals surface area contributed by atoms with Gasteiger partial charge in [-0.25, -0.2) is 9.97 Å². The molecule has 0 aliphatic rings. The highest BCUT2D eigenvalue weighted by Gasteiger charge is 2.16. The second-order valence-electron chi connectivity index (χ2n) is 5.72. The molecule has 3 rings (SSSR count). The minimum absolute atomic E-state index is 0.336. The Morgan fingerprint density at radius 2 is 2.08 bits per heavy atom. The molecule has 0 amide bonds. The van der Waals surface area contributed by atoms with E-state index in [1.807, 2.05) is 44.3 Å². The number of hydrogen-bond donors (Lipinski definition) is 3. The SMILES string of the molecule is CNCCOc1ccc(-c2nc(C(=N)c3ccccc3N)sc2C)cn1. The second kappa shape index (κ2) is 8.07. The molecule has 1 aromatic carbocycles. The molecule has 0 fully saturated rings. The van der Waals surface area contributed by atoms with Crippen LogP contribution in [0.5, 0.6) is 5.88 Å². The maximum atomic E-state index is 8.44. The molecular weight excluding hydrogens is 346 g/mol. The number of aromatic nitrogens is 2. The zero-order chi connectivity index (χ0) is 18.5. The maximum Gasteiger partial charge on any atom is 0.213 e. The number of thiazole rings is 1. The van der Waals surface area contributed by atoms with Crippen molar-refractivity contribution >= 4 is 22.7 Å². The quantitative estimate of drug-likeness (QED) is 0.339. The van der Waals surface area contributed by atoms with E-state index in [0.29, 0.717) is 34.5 Å². The highest BCUT2D eigenvalue weighted by Crippen LogP contribution is 2.29. The van der Waals surface area contributed by atoms with E-state index in [2.05, 4.69) is 15.3 Å². The largest absolute Gasteiger partial charge is 0.476 e. The predicted octanol–water partition coefficient (Wildman–Crippen LogP) is 3.11. The van der Waals surface area contributed by atoms with Crippen LogP contribution in [-0.4, -0.2) is 35.9 Å². The molecule has 0 saturated carbocycles. The molecule has 0 aliphatic heterocycles. The monoisotopic (exact) mass is 367 g/mol. The summed E-state index contributed by atoms with van der Waals surface area (Å²) in [5.74, 6) is 0.585. The second-order valence-corrected chi connectivity index (χ2v) is 6.93. The van der Waals surface area contributed by atoms with Crippen molar-refractivity contribution in [3.8, 4) is 17.1 Å². The zero-order valence-corrected chi connectivity index (χ0v) is 15.6. The predicted molar refractivity (Wildman–Crippen MR) is 106 cm³/mol. The first-order valence-corrected chi connectivity index (χ1v) is 9.07. The molecule has 0 bridgehead atoms. The van der Waals surface area contributed by atoms with Gasteiger partial charge in [-0.15, -0.1) is 11.3 Å². The number of ether oxygens (including phenoxy) is 1. The number of anilines is 1. The van der Waals surface area contributed by atoms with Crippen LogP contribution >= 0.6 is 11.3 Å². The van der Waals surface area contributed by atoms with Crippen LogP contribution in [0.4, 0.5) is 5.69 Å². The molecule has 0 aliphatic carbocycles. The average molecular weight is 367 g/mol. The number of nitrogens with two attached hydrogens (primary N) is 1. The van der Waals surface area contributed by atoms with Gasteiger partial charge in [0.15, 0.2) is 0 Å². The van der Waals surface area contributed by atoms with E-state index in [0.717, 1.165) is 22.7 Å². The molecule has 3 aromatic rings. The van der Waals surface area contributed by atoms with E-state index in [4.69, 9.17) is 15.9 Å². The van der Waals surface area contributed by atoms with Crippen molar-refractivity contribution in [2.75, 3.05) is 25.9 Å². The third-order valence-electron chi connectivity index (χ3n) is 3.85. The van der Waals surface area contributed by atoms with Crippen molar-refractivity contribution in [1.29, 1.82) is 5.41 Å². The highest BCUT2D eigenvalue weighted by molar-refractivity contribution is 7.14. The molecular formula is C19H21N5OS. The van der Waals surface area contributed by atoms with Gasteiger partial charge in [-0.1, -0.05) is 18.2 Å². The fourth-order valence-corrected chi connectivity index (χ4v) is 3.37. The molecule has 0 atom stereocenters. The van der Waals surface area contributed by atoms with E-state index >= 15 is 0 Å². The number of likely N-dealkylation sites (N-methyl/N-ethyl adjacent to an activating group) is 1. The molecule has 0 spiro atoms. The lowest BCUT2D eigenvalue weighted by molar-refractivity contribution is 0.306. The highest BCUT2D eigenvalue weighted by atomic mass is 32.1. The first-order valence-electron chi connectivity index (χ1n) is 8.25. The summed E-state index contributed by atoms with van der Waals surface area (Å²) in [6, 6.07) is 11.1. The van der Waals surface area contributed by atoms with E-state index in [-0.39, 0.29) is 0 Å². The summed E-state index contributed by atoms with van der Waals surface area (Å²) >= 11 is 1.48. The van der Waals surface area contributed by atoms with Crippen LogP contribution in [0.25, 0.3) is 11.3 Å². The Hall–Kier alpha value is -2.77. The van der Waals surface area contributed by atoms with Gasteiger partial charge < -0.3 is 15.8 Å². The molecule has 0 saturated heterocycles. The van der Waals surface area contributed by atoms with Crippen molar-refractivity contribution in [1.82, 2.24) is 15.3 Å². The smallest absolute Gasteiger partial charge is 0.213 e. The number of hydrogen-bond acceptors (Lipinski definition) is 7. The minimum Gasteiger partial charge on any atom is -0.476 e. The van der Waals surface area contributed by atoms with E-state index in [1.165, 1.54) is 11.3 Å². The number of aryl methyl sites for hydroxylation is 1. The first kappa shape index (κ1) is 18.0. The molecule has 26 heavy (non-hydrogen) atoms. The van der Waals surface area contributed by atoms with Crippen molar-refractivity contribution in [3.05, 3.63) is 58.0 Å². The molecule has 7 heteroatoms. The lowest BCUT2D eigenvalue weighted by Gasteiger charge is -2.05. The molecule has 0 unspecified atom stereocenters. The summed E-state index contributed by atoms with van der Waals surface area (Å²) < 4.78 is 5.54. The van der Waals surface area contributed by atoms with Crippen LogP contribution in [0.2, 0.25) is 0 Å². The Balaban J connectivity index is 1.82. The van der Waals surface area contributed by atoms with Crippen molar-refractivity contribution in [2.24, 2.45) is 0 Å². The van der Waals surface area contributed by atoms with Crippen LogP contribution in [0.15, 0.2) is 42.6 Å². The Bertz CT molecular complexity index is 905. The summed E-state index contributed by atoms with van der Waals surface area (Å²) in [7, 11) is 1.88. The first-order chi connectivity index (χ1) is 12.6. The van der Waals surface area contributed by atoms with Crippen LogP contribution < -0.4 is 15.8 Å². The molecule has 4 N–H and O–H groups in total. The van der Waals surface area contributed by atoms with Gasteiger partial charge in [0.05, 0.1) is 11.4 Å². The van der Waals surface area contributed by atoms with Crippen molar-refractivity contribution in [2.45, 2.75) is 6.92 Å². The number of benzene rings is 1. The van der Waals surface area contributed by atoms with E-state index in [9.17, 15) is 0 Å². The van der Waals surface area contributed by atoms with Gasteiger partial charge in [0.1, 0.15) is 11.6 Å². The third kappa shape index (κ3) is 3.89. The van der Waals surface area contributed by atoms with Crippen LogP contribution in [0, 0.1) is 12.3 Å². The van der Waals surface area contributed by atoms with Crippen molar-refractivity contribution < 1.29 is 4.74 Å². The minimum atomic E-state index is 0.336. The summed E-state index contributed by atoms with van der Waals surface area (Å²) in [6.07, 6.45) is 1.75. The summed E-state index contributed by atoms with van der Waals surface area (Å²) in [6.45, 7) is 3.33. The van der Waals surface area contributed by atoms with Gasteiger partial charge in [0.2, 0.25) is 5.88 Å². The maximum absolute atomic E-state index is 8.44. The number of para-hydroxylation sites is 1. The van der Waals surface area contributed by atoms with E-state index in [1.54, 1.807) is 12.3 Å². The number of rotatable bonds is 7.